The topological polar surface area (TPSA) is 60.8 Å². The maximum absolute atomic E-state index is 9.79. The molecule has 1 N–H and O–H groups in total. The van der Waals surface area contributed by atoms with Crippen LogP contribution in [0.3, 0.4) is 0 Å². The van der Waals surface area contributed by atoms with E-state index in [-0.39, 0.29) is 0 Å². The molecule has 1 unspecified atom stereocenters. The van der Waals surface area contributed by atoms with Gasteiger partial charge < -0.3 is 19.3 Å². The number of aromatic nitrogens is 1. The summed E-state index contributed by atoms with van der Waals surface area (Å²) in [5.41, 5.74) is 1.73. The molecule has 1 atom stereocenters. The van der Waals surface area contributed by atoms with Crippen molar-refractivity contribution in [1.29, 1.82) is 0 Å². The third kappa shape index (κ3) is 6.61. The number of ether oxygens (including phenoxy) is 3. The zero-order chi connectivity index (χ0) is 20.5. The lowest BCUT2D eigenvalue weighted by Crippen LogP contribution is -2.07. The van der Waals surface area contributed by atoms with Crippen LogP contribution in [-0.2, 0) is 11.3 Å². The molecule has 150 valence electrons. The number of halogens is 1. The van der Waals surface area contributed by atoms with E-state index in [2.05, 4.69) is 4.98 Å². The molecule has 0 spiro atoms. The number of aliphatic hydroxyl groups is 1. The molecule has 3 aromatic rings. The first-order valence-electron chi connectivity index (χ1n) is 9.21. The summed E-state index contributed by atoms with van der Waals surface area (Å²) in [4.78, 5) is 4.09. The molecule has 6 heteroatoms. The van der Waals surface area contributed by atoms with Crippen molar-refractivity contribution in [2.45, 2.75) is 19.8 Å². The zero-order valence-electron chi connectivity index (χ0n) is 16.0. The summed E-state index contributed by atoms with van der Waals surface area (Å²) in [6.07, 6.45) is 5.79. The van der Waals surface area contributed by atoms with Crippen LogP contribution in [0.4, 0.5) is 0 Å². The molecule has 0 aliphatic carbocycles. The van der Waals surface area contributed by atoms with Crippen LogP contribution in [0.5, 0.6) is 17.2 Å². The standard InChI is InChI=1S/C23H22ClNO4/c1-2-27-23(26)11-9-18-8-10-20(28-16-17-5-4-12-25-15-17)14-22(18)29-21-7-3-6-19(24)13-21/h3-15,23,26H,2,16H2,1H3. The minimum absolute atomic E-state index is 0.392. The van der Waals surface area contributed by atoms with Crippen molar-refractivity contribution in [2.24, 2.45) is 0 Å². The normalized spacial score (nSPS) is 12.1. The quantitative estimate of drug-likeness (QED) is 0.473. The Hall–Kier alpha value is -2.86. The molecule has 0 bridgehead atoms. The molecule has 2 aromatic carbocycles. The Morgan fingerprint density at radius 3 is 2.76 bits per heavy atom. The van der Waals surface area contributed by atoms with E-state index >= 15 is 0 Å². The lowest BCUT2D eigenvalue weighted by Gasteiger charge is -2.13. The van der Waals surface area contributed by atoms with Gasteiger partial charge in [0.2, 0.25) is 0 Å². The van der Waals surface area contributed by atoms with Gasteiger partial charge in [0.1, 0.15) is 23.9 Å². The molecular formula is C23H22ClNO4. The fourth-order valence-corrected chi connectivity index (χ4v) is 2.73. The maximum Gasteiger partial charge on any atom is 0.174 e. The van der Waals surface area contributed by atoms with Crippen LogP contribution >= 0.6 is 11.6 Å². The van der Waals surface area contributed by atoms with E-state index in [9.17, 15) is 5.11 Å². The van der Waals surface area contributed by atoms with Gasteiger partial charge in [-0.25, -0.2) is 0 Å². The molecule has 0 saturated heterocycles. The van der Waals surface area contributed by atoms with Gasteiger partial charge in [0, 0.05) is 41.2 Å². The van der Waals surface area contributed by atoms with E-state index in [4.69, 9.17) is 25.8 Å². The van der Waals surface area contributed by atoms with Crippen LogP contribution in [0.1, 0.15) is 18.1 Å². The second-order valence-electron chi connectivity index (χ2n) is 6.11. The summed E-state index contributed by atoms with van der Waals surface area (Å²) < 4.78 is 17.0. The Morgan fingerprint density at radius 2 is 2.00 bits per heavy atom. The van der Waals surface area contributed by atoms with Gasteiger partial charge in [0.15, 0.2) is 6.29 Å². The average molecular weight is 412 g/mol. The molecular weight excluding hydrogens is 390 g/mol. The third-order valence-corrected chi connectivity index (χ3v) is 4.15. The van der Waals surface area contributed by atoms with Gasteiger partial charge in [-0.3, -0.25) is 4.98 Å². The first-order valence-corrected chi connectivity index (χ1v) is 9.59. The summed E-state index contributed by atoms with van der Waals surface area (Å²) in [7, 11) is 0. The van der Waals surface area contributed by atoms with Gasteiger partial charge in [-0.15, -0.1) is 0 Å². The maximum atomic E-state index is 9.79. The fraction of sp³-hybridized carbons (Fsp3) is 0.174. The highest BCUT2D eigenvalue weighted by molar-refractivity contribution is 6.30. The Bertz CT molecular complexity index is 947. The van der Waals surface area contributed by atoms with Crippen molar-refractivity contribution < 1.29 is 19.3 Å². The highest BCUT2D eigenvalue weighted by Crippen LogP contribution is 2.32. The Morgan fingerprint density at radius 1 is 1.10 bits per heavy atom. The summed E-state index contributed by atoms with van der Waals surface area (Å²) >= 11 is 6.06. The molecule has 0 aliphatic heterocycles. The summed E-state index contributed by atoms with van der Waals surface area (Å²) in [6, 6.07) is 16.4. The smallest absolute Gasteiger partial charge is 0.174 e. The monoisotopic (exact) mass is 411 g/mol. The average Bonchev–Trinajstić information content (AvgIpc) is 2.72. The third-order valence-electron chi connectivity index (χ3n) is 3.92. The Kier molecular flexibility index (Phi) is 7.64. The highest BCUT2D eigenvalue weighted by Gasteiger charge is 2.08. The molecule has 0 aliphatic rings. The van der Waals surface area contributed by atoms with Crippen molar-refractivity contribution in [2.75, 3.05) is 6.61 Å². The van der Waals surface area contributed by atoms with Crippen LogP contribution in [0.2, 0.25) is 5.02 Å². The minimum Gasteiger partial charge on any atom is -0.489 e. The van der Waals surface area contributed by atoms with E-state index in [1.807, 2.05) is 43.3 Å². The lowest BCUT2D eigenvalue weighted by atomic mass is 10.1. The molecule has 0 saturated carbocycles. The Labute approximate surface area is 175 Å². The van der Waals surface area contributed by atoms with Crippen LogP contribution in [0.25, 0.3) is 6.08 Å². The number of aliphatic hydroxyl groups excluding tert-OH is 1. The molecule has 29 heavy (non-hydrogen) atoms. The van der Waals surface area contributed by atoms with E-state index in [0.29, 0.717) is 35.5 Å². The van der Waals surface area contributed by atoms with Crippen molar-refractivity contribution in [3.63, 3.8) is 0 Å². The minimum atomic E-state index is -0.986. The number of hydrogen-bond acceptors (Lipinski definition) is 5. The number of benzene rings is 2. The number of pyridine rings is 1. The summed E-state index contributed by atoms with van der Waals surface area (Å²) in [5.74, 6) is 1.81. The number of rotatable bonds is 9. The van der Waals surface area contributed by atoms with Gasteiger partial charge >= 0.3 is 0 Å². The summed E-state index contributed by atoms with van der Waals surface area (Å²) in [6.45, 7) is 2.63. The molecule has 5 nitrogen and oxygen atoms in total. The molecule has 1 heterocycles. The molecule has 0 fully saturated rings. The van der Waals surface area contributed by atoms with Gasteiger partial charge in [-0.1, -0.05) is 29.8 Å². The van der Waals surface area contributed by atoms with E-state index in [1.165, 1.54) is 0 Å². The molecule has 0 amide bonds. The van der Waals surface area contributed by atoms with Crippen molar-refractivity contribution >= 4 is 17.7 Å². The van der Waals surface area contributed by atoms with Crippen LogP contribution < -0.4 is 9.47 Å². The molecule has 3 rings (SSSR count). The Balaban J connectivity index is 1.82. The van der Waals surface area contributed by atoms with Crippen LogP contribution in [0, 0.1) is 0 Å². The lowest BCUT2D eigenvalue weighted by molar-refractivity contribution is -0.0581. The first-order chi connectivity index (χ1) is 14.1. The van der Waals surface area contributed by atoms with E-state index < -0.39 is 6.29 Å². The largest absolute Gasteiger partial charge is 0.489 e. The van der Waals surface area contributed by atoms with Gasteiger partial charge in [-0.2, -0.15) is 0 Å². The zero-order valence-corrected chi connectivity index (χ0v) is 16.8. The van der Waals surface area contributed by atoms with E-state index in [0.717, 1.165) is 11.1 Å². The predicted molar refractivity (Wildman–Crippen MR) is 113 cm³/mol. The van der Waals surface area contributed by atoms with E-state index in [1.54, 1.807) is 42.7 Å². The first kappa shape index (κ1) is 20.9. The molecule has 1 aromatic heterocycles. The van der Waals surface area contributed by atoms with Gasteiger partial charge in [0.25, 0.3) is 0 Å². The SMILES string of the molecule is CCOC(O)C=Cc1ccc(OCc2cccnc2)cc1Oc1cccc(Cl)c1. The molecule has 0 radical (unpaired) electrons. The van der Waals surface area contributed by atoms with Crippen molar-refractivity contribution in [3.8, 4) is 17.2 Å². The second-order valence-corrected chi connectivity index (χ2v) is 6.55. The van der Waals surface area contributed by atoms with Gasteiger partial charge in [0.05, 0.1) is 0 Å². The fourth-order valence-electron chi connectivity index (χ4n) is 2.55. The second kappa shape index (κ2) is 10.6. The van der Waals surface area contributed by atoms with Gasteiger partial charge in [-0.05, 0) is 49.4 Å². The van der Waals surface area contributed by atoms with Crippen molar-refractivity contribution in [1.82, 2.24) is 4.98 Å². The summed E-state index contributed by atoms with van der Waals surface area (Å²) in [5, 5.41) is 10.4. The number of hydrogen-bond donors (Lipinski definition) is 1. The highest BCUT2D eigenvalue weighted by atomic mass is 35.5. The van der Waals surface area contributed by atoms with Crippen LogP contribution in [0.15, 0.2) is 73.1 Å². The van der Waals surface area contributed by atoms with Crippen LogP contribution in [-0.4, -0.2) is 23.0 Å². The predicted octanol–water partition coefficient (Wildman–Crippen LogP) is 5.47. The van der Waals surface area contributed by atoms with Crippen molar-refractivity contribution in [3.05, 3.63) is 89.2 Å². The number of nitrogens with zero attached hydrogens (tertiary/aromatic N) is 1.